The summed E-state index contributed by atoms with van der Waals surface area (Å²) in [4.78, 5) is 11.4. The number of rotatable bonds is 1. The summed E-state index contributed by atoms with van der Waals surface area (Å²) < 4.78 is 11.0. The van der Waals surface area contributed by atoms with Gasteiger partial charge in [0.15, 0.2) is 11.5 Å². The Kier molecular flexibility index (Phi) is 2.07. The third kappa shape index (κ3) is 1.75. The van der Waals surface area contributed by atoms with E-state index in [1.165, 1.54) is 0 Å². The van der Waals surface area contributed by atoms with E-state index in [1.54, 1.807) is 25.2 Å². The summed E-state index contributed by atoms with van der Waals surface area (Å²) in [7, 11) is 1.59. The summed E-state index contributed by atoms with van der Waals surface area (Å²) in [6.45, 7) is 3.65. The highest BCUT2D eigenvalue weighted by Crippen LogP contribution is 2.39. The van der Waals surface area contributed by atoms with Crippen molar-refractivity contribution in [3.63, 3.8) is 0 Å². The summed E-state index contributed by atoms with van der Waals surface area (Å²) in [5.74, 6) is 0.503. The molecule has 0 aliphatic carbocycles. The van der Waals surface area contributed by atoms with Crippen LogP contribution in [0.3, 0.4) is 0 Å². The topological polar surface area (TPSA) is 47.6 Å². The van der Waals surface area contributed by atoms with Gasteiger partial charge in [-0.15, -0.1) is 0 Å². The highest BCUT2D eigenvalue weighted by molar-refractivity contribution is 5.94. The summed E-state index contributed by atoms with van der Waals surface area (Å²) in [5.41, 5.74) is 0.567. The summed E-state index contributed by atoms with van der Waals surface area (Å²) in [6.07, 6.45) is 0. The third-order valence-corrected chi connectivity index (χ3v) is 2.14. The van der Waals surface area contributed by atoms with E-state index in [0.717, 1.165) is 0 Å². The second-order valence-electron chi connectivity index (χ2n) is 3.84. The van der Waals surface area contributed by atoms with Crippen molar-refractivity contribution >= 4 is 5.91 Å². The predicted molar refractivity (Wildman–Crippen MR) is 55.2 cm³/mol. The van der Waals surface area contributed by atoms with Crippen LogP contribution in [0, 0.1) is 0 Å². The van der Waals surface area contributed by atoms with E-state index >= 15 is 0 Å². The fourth-order valence-electron chi connectivity index (χ4n) is 1.51. The van der Waals surface area contributed by atoms with E-state index in [1.807, 2.05) is 13.8 Å². The Balaban J connectivity index is 2.34. The number of amides is 1. The number of hydrogen-bond donors (Lipinski definition) is 1. The summed E-state index contributed by atoms with van der Waals surface area (Å²) in [6, 6.07) is 5.14. The number of hydrogen-bond acceptors (Lipinski definition) is 3. The first-order valence-corrected chi connectivity index (χ1v) is 4.76. The zero-order valence-electron chi connectivity index (χ0n) is 8.96. The van der Waals surface area contributed by atoms with E-state index in [9.17, 15) is 4.79 Å². The maximum absolute atomic E-state index is 11.4. The molecule has 4 heteroatoms. The van der Waals surface area contributed by atoms with Gasteiger partial charge in [0, 0.05) is 26.5 Å². The van der Waals surface area contributed by atoms with Gasteiger partial charge in [0.1, 0.15) is 0 Å². The molecule has 0 saturated carbocycles. The average Bonchev–Trinajstić information content (AvgIpc) is 2.49. The molecule has 1 aromatic rings. The van der Waals surface area contributed by atoms with Gasteiger partial charge >= 0.3 is 0 Å². The van der Waals surface area contributed by atoms with Crippen LogP contribution in [0.4, 0.5) is 0 Å². The van der Waals surface area contributed by atoms with Crippen molar-refractivity contribution in [1.82, 2.24) is 5.32 Å². The van der Waals surface area contributed by atoms with Crippen molar-refractivity contribution in [3.05, 3.63) is 23.8 Å². The minimum atomic E-state index is -0.649. The molecule has 0 atom stereocenters. The van der Waals surface area contributed by atoms with Crippen LogP contribution >= 0.6 is 0 Å². The molecule has 0 unspecified atom stereocenters. The van der Waals surface area contributed by atoms with Crippen LogP contribution in [0.2, 0.25) is 0 Å². The van der Waals surface area contributed by atoms with Crippen LogP contribution in [0.5, 0.6) is 11.5 Å². The highest BCUT2D eigenvalue weighted by atomic mass is 16.7. The van der Waals surface area contributed by atoms with Crippen molar-refractivity contribution in [2.75, 3.05) is 7.05 Å². The molecule has 4 nitrogen and oxygen atoms in total. The Morgan fingerprint density at radius 3 is 2.60 bits per heavy atom. The fourth-order valence-corrected chi connectivity index (χ4v) is 1.51. The quantitative estimate of drug-likeness (QED) is 0.760. The Morgan fingerprint density at radius 2 is 1.93 bits per heavy atom. The standard InChI is InChI=1S/C11H13NO3/c1-11(2)14-8-5-4-7(10(13)12-3)6-9(8)15-11/h4-6H,1-3H3,(H,12,13). The van der Waals surface area contributed by atoms with Crippen molar-refractivity contribution in [2.45, 2.75) is 19.6 Å². The molecular weight excluding hydrogens is 194 g/mol. The Bertz CT molecular complexity index is 412. The molecule has 1 aromatic carbocycles. The van der Waals surface area contributed by atoms with Gasteiger partial charge in [0.2, 0.25) is 5.79 Å². The summed E-state index contributed by atoms with van der Waals surface area (Å²) >= 11 is 0. The molecule has 1 aliphatic rings. The maximum Gasteiger partial charge on any atom is 0.251 e. The number of ether oxygens (including phenoxy) is 2. The molecule has 0 radical (unpaired) electrons. The lowest BCUT2D eigenvalue weighted by Crippen LogP contribution is -2.29. The Morgan fingerprint density at radius 1 is 1.27 bits per heavy atom. The van der Waals surface area contributed by atoms with Gasteiger partial charge in [-0.3, -0.25) is 4.79 Å². The predicted octanol–water partition coefficient (Wildman–Crippen LogP) is 1.55. The zero-order valence-corrected chi connectivity index (χ0v) is 8.96. The Labute approximate surface area is 88.2 Å². The first-order valence-electron chi connectivity index (χ1n) is 4.76. The SMILES string of the molecule is CNC(=O)c1ccc2c(c1)OC(C)(C)O2. The molecule has 0 aromatic heterocycles. The molecule has 1 aliphatic heterocycles. The number of carbonyl (C=O) groups excluding carboxylic acids is 1. The molecule has 1 N–H and O–H groups in total. The van der Waals surface area contributed by atoms with Gasteiger partial charge in [-0.05, 0) is 18.2 Å². The van der Waals surface area contributed by atoms with E-state index in [4.69, 9.17) is 9.47 Å². The van der Waals surface area contributed by atoms with Crippen LogP contribution in [0.1, 0.15) is 24.2 Å². The molecule has 0 fully saturated rings. The van der Waals surface area contributed by atoms with Gasteiger partial charge < -0.3 is 14.8 Å². The molecule has 1 amide bonds. The lowest BCUT2D eigenvalue weighted by molar-refractivity contribution is -0.0431. The average molecular weight is 207 g/mol. The van der Waals surface area contributed by atoms with E-state index < -0.39 is 5.79 Å². The molecule has 0 spiro atoms. The molecule has 15 heavy (non-hydrogen) atoms. The van der Waals surface area contributed by atoms with Crippen molar-refractivity contribution in [3.8, 4) is 11.5 Å². The van der Waals surface area contributed by atoms with Crippen LogP contribution in [-0.4, -0.2) is 18.7 Å². The minimum Gasteiger partial charge on any atom is -0.449 e. The molecular formula is C11H13NO3. The first kappa shape index (κ1) is 9.83. The molecule has 2 rings (SSSR count). The minimum absolute atomic E-state index is 0.133. The highest BCUT2D eigenvalue weighted by Gasteiger charge is 2.31. The first-order chi connectivity index (χ1) is 7.02. The number of carbonyl (C=O) groups is 1. The Hall–Kier alpha value is -1.71. The second kappa shape index (κ2) is 3.15. The number of nitrogens with one attached hydrogen (secondary N) is 1. The zero-order chi connectivity index (χ0) is 11.1. The van der Waals surface area contributed by atoms with Gasteiger partial charge in [-0.25, -0.2) is 0 Å². The smallest absolute Gasteiger partial charge is 0.251 e. The summed E-state index contributed by atoms with van der Waals surface area (Å²) in [5, 5.41) is 2.56. The molecule has 1 heterocycles. The van der Waals surface area contributed by atoms with Crippen LogP contribution in [-0.2, 0) is 0 Å². The lowest BCUT2D eigenvalue weighted by Gasteiger charge is -2.16. The van der Waals surface area contributed by atoms with E-state index in [-0.39, 0.29) is 5.91 Å². The van der Waals surface area contributed by atoms with Crippen LogP contribution in [0.25, 0.3) is 0 Å². The third-order valence-electron chi connectivity index (χ3n) is 2.14. The fraction of sp³-hybridized carbons (Fsp3) is 0.364. The molecule has 0 saturated heterocycles. The van der Waals surface area contributed by atoms with Gasteiger partial charge in [0.25, 0.3) is 5.91 Å². The van der Waals surface area contributed by atoms with Gasteiger partial charge in [0.05, 0.1) is 0 Å². The maximum atomic E-state index is 11.4. The van der Waals surface area contributed by atoms with E-state index in [2.05, 4.69) is 5.32 Å². The van der Waals surface area contributed by atoms with Crippen LogP contribution in [0.15, 0.2) is 18.2 Å². The molecule has 80 valence electrons. The van der Waals surface area contributed by atoms with Gasteiger partial charge in [-0.2, -0.15) is 0 Å². The number of benzene rings is 1. The van der Waals surface area contributed by atoms with Gasteiger partial charge in [-0.1, -0.05) is 0 Å². The van der Waals surface area contributed by atoms with Crippen LogP contribution < -0.4 is 14.8 Å². The van der Waals surface area contributed by atoms with Crippen molar-refractivity contribution < 1.29 is 14.3 Å². The number of fused-ring (bicyclic) bond motifs is 1. The van der Waals surface area contributed by atoms with E-state index in [0.29, 0.717) is 17.1 Å². The largest absolute Gasteiger partial charge is 0.449 e. The van der Waals surface area contributed by atoms with Crippen molar-refractivity contribution in [2.24, 2.45) is 0 Å². The lowest BCUT2D eigenvalue weighted by atomic mass is 10.2. The normalized spacial score (nSPS) is 16.2. The molecule has 0 bridgehead atoms. The van der Waals surface area contributed by atoms with Crippen molar-refractivity contribution in [1.29, 1.82) is 0 Å². The second-order valence-corrected chi connectivity index (χ2v) is 3.84. The monoisotopic (exact) mass is 207 g/mol.